The van der Waals surface area contributed by atoms with Gasteiger partial charge >= 0.3 is 6.61 Å². The second-order valence-electron chi connectivity index (χ2n) is 8.39. The molecule has 2 aromatic rings. The molecule has 0 aromatic heterocycles. The first-order valence-electron chi connectivity index (χ1n) is 10.3. The minimum atomic E-state index is -2.96. The second-order valence-corrected chi connectivity index (χ2v) is 9.69. The molecule has 0 spiro atoms. The number of hydrogen-bond acceptors (Lipinski definition) is 5. The van der Waals surface area contributed by atoms with Crippen molar-refractivity contribution in [1.82, 2.24) is 5.32 Å². The van der Waals surface area contributed by atoms with Crippen LogP contribution >= 0.6 is 12.0 Å². The highest BCUT2D eigenvalue weighted by Crippen LogP contribution is 2.46. The third-order valence-corrected chi connectivity index (χ3v) is 6.56. The number of hydrogen-bond donors (Lipinski definition) is 1. The van der Waals surface area contributed by atoms with E-state index in [2.05, 4.69) is 10.1 Å². The van der Waals surface area contributed by atoms with E-state index < -0.39 is 17.4 Å². The Morgan fingerprint density at radius 2 is 2.06 bits per heavy atom. The van der Waals surface area contributed by atoms with Gasteiger partial charge in [0.15, 0.2) is 0 Å². The van der Waals surface area contributed by atoms with Crippen LogP contribution in [0.25, 0.3) is 0 Å². The third-order valence-electron chi connectivity index (χ3n) is 5.60. The number of nitrogens with zero attached hydrogens (tertiary/aromatic N) is 1. The fourth-order valence-corrected chi connectivity index (χ4v) is 4.82. The lowest BCUT2D eigenvalue weighted by Crippen LogP contribution is -2.41. The number of halogens is 2. The van der Waals surface area contributed by atoms with E-state index in [4.69, 9.17) is 4.18 Å². The van der Waals surface area contributed by atoms with Crippen LogP contribution in [0.1, 0.15) is 49.0 Å². The first-order chi connectivity index (χ1) is 15.2. The number of rotatable bonds is 6. The monoisotopic (exact) mass is 462 g/mol. The predicted molar refractivity (Wildman–Crippen MR) is 118 cm³/mol. The lowest BCUT2D eigenvalue weighted by atomic mass is 9.89. The molecule has 2 aliphatic heterocycles. The average molecular weight is 463 g/mol. The molecular formula is C23H24F2N2O4S. The average Bonchev–Trinajstić information content (AvgIpc) is 3.27. The van der Waals surface area contributed by atoms with Crippen molar-refractivity contribution < 1.29 is 27.3 Å². The molecule has 0 aliphatic carbocycles. The zero-order valence-corrected chi connectivity index (χ0v) is 18.7. The number of carbonyl (C=O) groups excluding carboxylic acids is 2. The molecule has 0 saturated carbocycles. The van der Waals surface area contributed by atoms with Crippen LogP contribution in [0.4, 0.5) is 20.2 Å². The van der Waals surface area contributed by atoms with Crippen LogP contribution in [0, 0.1) is 5.92 Å². The predicted octanol–water partition coefficient (Wildman–Crippen LogP) is 5.22. The van der Waals surface area contributed by atoms with E-state index in [1.54, 1.807) is 30.3 Å². The summed E-state index contributed by atoms with van der Waals surface area (Å²) in [7, 11) is 0. The van der Waals surface area contributed by atoms with E-state index in [1.807, 2.05) is 20.8 Å². The molecule has 0 bridgehead atoms. The van der Waals surface area contributed by atoms with Gasteiger partial charge in [0.25, 0.3) is 5.91 Å². The number of alkyl halides is 2. The Hall–Kier alpha value is -2.65. The molecular weight excluding hydrogens is 438 g/mol. The molecule has 6 nitrogen and oxygen atoms in total. The molecule has 2 heterocycles. The number of amides is 2. The van der Waals surface area contributed by atoms with Gasteiger partial charge in [0, 0.05) is 30.1 Å². The molecule has 2 aliphatic rings. The molecule has 1 fully saturated rings. The molecule has 2 amide bonds. The van der Waals surface area contributed by atoms with Crippen molar-refractivity contribution in [3.63, 3.8) is 0 Å². The smallest absolute Gasteiger partial charge is 0.387 e. The van der Waals surface area contributed by atoms with Crippen molar-refractivity contribution in [2.45, 2.75) is 44.6 Å². The largest absolute Gasteiger partial charge is 0.435 e. The zero-order chi connectivity index (χ0) is 23.0. The summed E-state index contributed by atoms with van der Waals surface area (Å²) >= 11 is 1.24. The summed E-state index contributed by atoms with van der Waals surface area (Å²) in [5, 5.41) is 3.00. The van der Waals surface area contributed by atoms with Gasteiger partial charge < -0.3 is 14.2 Å². The Labute approximate surface area is 189 Å². The van der Waals surface area contributed by atoms with Crippen molar-refractivity contribution in [2.75, 3.05) is 11.5 Å². The fraction of sp³-hybridized carbons (Fsp3) is 0.391. The molecule has 4 rings (SSSR count). The van der Waals surface area contributed by atoms with Gasteiger partial charge in [-0.2, -0.15) is 8.78 Å². The number of ether oxygens (including phenoxy) is 1. The number of nitrogens with one attached hydrogen (secondary N) is 1. The maximum atomic E-state index is 13.4. The van der Waals surface area contributed by atoms with Gasteiger partial charge in [-0.1, -0.05) is 19.9 Å². The van der Waals surface area contributed by atoms with E-state index in [0.717, 1.165) is 5.56 Å². The maximum Gasteiger partial charge on any atom is 0.387 e. The van der Waals surface area contributed by atoms with Gasteiger partial charge in [0.2, 0.25) is 5.91 Å². The summed E-state index contributed by atoms with van der Waals surface area (Å²) in [6.07, 6.45) is 0.701. The van der Waals surface area contributed by atoms with E-state index in [9.17, 15) is 18.4 Å². The first kappa shape index (κ1) is 22.5. The van der Waals surface area contributed by atoms with Crippen LogP contribution in [0.5, 0.6) is 5.75 Å². The summed E-state index contributed by atoms with van der Waals surface area (Å²) in [4.78, 5) is 27.3. The van der Waals surface area contributed by atoms with Gasteiger partial charge in [-0.25, -0.2) is 0 Å². The van der Waals surface area contributed by atoms with E-state index >= 15 is 0 Å². The van der Waals surface area contributed by atoms with Crippen LogP contribution in [0.2, 0.25) is 0 Å². The van der Waals surface area contributed by atoms with Crippen LogP contribution in [-0.2, 0) is 8.98 Å². The number of carbonyl (C=O) groups is 2. The highest BCUT2D eigenvalue weighted by atomic mass is 32.2. The lowest BCUT2D eigenvalue weighted by molar-refractivity contribution is -0.119. The van der Waals surface area contributed by atoms with Crippen molar-refractivity contribution >= 4 is 35.2 Å². The summed E-state index contributed by atoms with van der Waals surface area (Å²) in [6, 6.07) is 11.2. The molecule has 2 aromatic carbocycles. The molecule has 2 atom stereocenters. The molecule has 9 heteroatoms. The van der Waals surface area contributed by atoms with E-state index in [1.165, 1.54) is 29.1 Å². The van der Waals surface area contributed by atoms with Gasteiger partial charge in [-0.05, 0) is 48.7 Å². The minimum Gasteiger partial charge on any atom is -0.435 e. The van der Waals surface area contributed by atoms with Gasteiger partial charge in [0.1, 0.15) is 10.6 Å². The summed E-state index contributed by atoms with van der Waals surface area (Å²) in [5.41, 5.74) is 2.25. The minimum absolute atomic E-state index is 0.0265. The summed E-state index contributed by atoms with van der Waals surface area (Å²) < 4.78 is 35.1. The van der Waals surface area contributed by atoms with Crippen LogP contribution in [0.15, 0.2) is 42.5 Å². The normalized spacial score (nSPS) is 22.5. The highest BCUT2D eigenvalue weighted by molar-refractivity contribution is 7.96. The Balaban J connectivity index is 1.69. The van der Waals surface area contributed by atoms with Crippen molar-refractivity contribution in [1.29, 1.82) is 0 Å². The molecule has 2 unspecified atom stereocenters. The maximum absolute atomic E-state index is 13.4. The Kier molecular flexibility index (Phi) is 6.13. The second kappa shape index (κ2) is 8.71. The van der Waals surface area contributed by atoms with E-state index in [-0.39, 0.29) is 23.5 Å². The Morgan fingerprint density at radius 1 is 1.28 bits per heavy atom. The molecule has 32 heavy (non-hydrogen) atoms. The van der Waals surface area contributed by atoms with Gasteiger partial charge in [-0.3, -0.25) is 14.5 Å². The van der Waals surface area contributed by atoms with Crippen LogP contribution in [-0.4, -0.2) is 29.9 Å². The molecule has 0 radical (unpaired) electrons. The first-order valence-corrected chi connectivity index (χ1v) is 11.1. The molecule has 1 saturated heterocycles. The standard InChI is InChI=1S/C23H24F2N2O4S/c1-13(2)19-17-11-14(20(28)26-23(3)9-10-30-32-23)7-8-18(17)27(21(19)29)15-5-4-6-16(12-15)31-22(24)25/h4-8,11-13,19,22H,9-10H2,1-3H3,(H,26,28). The third kappa shape index (κ3) is 4.31. The van der Waals surface area contributed by atoms with Crippen LogP contribution in [0.3, 0.4) is 0 Å². The highest BCUT2D eigenvalue weighted by Gasteiger charge is 2.41. The quantitative estimate of drug-likeness (QED) is 0.596. The summed E-state index contributed by atoms with van der Waals surface area (Å²) in [5.74, 6) is -0.929. The molecule has 1 N–H and O–H groups in total. The summed E-state index contributed by atoms with van der Waals surface area (Å²) in [6.45, 7) is 3.39. The van der Waals surface area contributed by atoms with Crippen molar-refractivity contribution in [3.05, 3.63) is 53.6 Å². The number of benzene rings is 2. The number of fused-ring (bicyclic) bond motifs is 1. The zero-order valence-electron chi connectivity index (χ0n) is 17.9. The topological polar surface area (TPSA) is 67.9 Å². The van der Waals surface area contributed by atoms with Crippen molar-refractivity contribution in [2.24, 2.45) is 5.92 Å². The Morgan fingerprint density at radius 3 is 2.72 bits per heavy atom. The lowest BCUT2D eigenvalue weighted by Gasteiger charge is -2.22. The van der Waals surface area contributed by atoms with Crippen LogP contribution < -0.4 is 15.0 Å². The van der Waals surface area contributed by atoms with Gasteiger partial charge in [0.05, 0.1) is 23.9 Å². The molecule has 170 valence electrons. The fourth-order valence-electron chi connectivity index (χ4n) is 4.09. The Bertz CT molecular complexity index is 1040. The number of anilines is 2. The van der Waals surface area contributed by atoms with E-state index in [0.29, 0.717) is 30.0 Å². The van der Waals surface area contributed by atoms with Gasteiger partial charge in [-0.15, -0.1) is 0 Å². The van der Waals surface area contributed by atoms with Crippen molar-refractivity contribution in [3.8, 4) is 5.75 Å². The SMILES string of the molecule is CC(C)C1C(=O)N(c2cccc(OC(F)F)c2)c2ccc(C(=O)NC3(C)CCOS3)cc21.